The van der Waals surface area contributed by atoms with Crippen LogP contribution in [0.1, 0.15) is 44.1 Å². The number of thiophene rings is 1. The Morgan fingerprint density at radius 1 is 1.06 bits per heavy atom. The predicted molar refractivity (Wildman–Crippen MR) is 119 cm³/mol. The highest BCUT2D eigenvalue weighted by molar-refractivity contribution is 7.14. The second kappa shape index (κ2) is 7.62. The molecule has 0 aliphatic heterocycles. The van der Waals surface area contributed by atoms with Gasteiger partial charge in [0, 0.05) is 10.6 Å². The first-order chi connectivity index (χ1) is 15.0. The number of aryl methyl sites for hydroxylation is 3. The fourth-order valence-corrected chi connectivity index (χ4v) is 5.08. The summed E-state index contributed by atoms with van der Waals surface area (Å²) in [7, 11) is 0. The molecule has 0 bridgehead atoms. The number of nitrogens with one attached hydrogen (secondary N) is 2. The lowest BCUT2D eigenvalue weighted by molar-refractivity contribution is 0.100. The van der Waals surface area contributed by atoms with Crippen LogP contribution in [0.15, 0.2) is 22.8 Å². The summed E-state index contributed by atoms with van der Waals surface area (Å²) < 4.78 is 4.80. The van der Waals surface area contributed by atoms with Gasteiger partial charge >= 0.3 is 0 Å². The molecule has 0 fully saturated rings. The van der Waals surface area contributed by atoms with Gasteiger partial charge in [0.25, 0.3) is 5.91 Å². The molecule has 1 aliphatic carbocycles. The summed E-state index contributed by atoms with van der Waals surface area (Å²) >= 11 is 1.46. The lowest BCUT2D eigenvalue weighted by atomic mass is 9.97. The maximum atomic E-state index is 12.2. The molecule has 1 aromatic carbocycles. The van der Waals surface area contributed by atoms with Crippen molar-refractivity contribution in [1.29, 1.82) is 0 Å². The van der Waals surface area contributed by atoms with E-state index in [4.69, 9.17) is 10.4 Å². The zero-order valence-corrected chi connectivity index (χ0v) is 18.0. The van der Waals surface area contributed by atoms with Crippen molar-refractivity contribution in [3.05, 3.63) is 44.6 Å². The average molecular weight is 436 g/mol. The fraction of sp³-hybridized carbons (Fsp3) is 0.286. The molecule has 3 aromatic heterocycles. The standard InChI is InChI=1S/C21H21N7O2S/c1-10-7-8-13(11(2)9-10)23-18-19(26-21-20(25-18)27-30-28-21)24-15-12-5-3-4-6-14(12)31-16(15)17(22)29/h7-9H,3-6H2,1-2H3,(H2,22,29)(H,23,25,27)(H,24,26,28). The normalized spacial score (nSPS) is 13.2. The number of amides is 1. The highest BCUT2D eigenvalue weighted by atomic mass is 32.1. The van der Waals surface area contributed by atoms with Crippen LogP contribution in [0.3, 0.4) is 0 Å². The van der Waals surface area contributed by atoms with Crippen molar-refractivity contribution in [1.82, 2.24) is 20.3 Å². The van der Waals surface area contributed by atoms with Gasteiger partial charge in [0.05, 0.1) is 5.69 Å². The van der Waals surface area contributed by atoms with Crippen LogP contribution in [0.25, 0.3) is 11.3 Å². The average Bonchev–Trinajstić information content (AvgIpc) is 3.34. The Morgan fingerprint density at radius 3 is 2.48 bits per heavy atom. The minimum atomic E-state index is -0.456. The van der Waals surface area contributed by atoms with E-state index in [2.05, 4.69) is 37.0 Å². The van der Waals surface area contributed by atoms with Crippen molar-refractivity contribution in [3.8, 4) is 0 Å². The van der Waals surface area contributed by atoms with Gasteiger partial charge in [0.1, 0.15) is 4.88 Å². The van der Waals surface area contributed by atoms with Crippen LogP contribution in [0.4, 0.5) is 23.0 Å². The summed E-state index contributed by atoms with van der Waals surface area (Å²) in [5, 5.41) is 14.3. The molecule has 0 unspecified atom stereocenters. The minimum Gasteiger partial charge on any atom is -0.365 e. The van der Waals surface area contributed by atoms with Crippen molar-refractivity contribution in [2.45, 2.75) is 39.5 Å². The van der Waals surface area contributed by atoms with Gasteiger partial charge in [-0.15, -0.1) is 11.3 Å². The molecular weight excluding hydrogens is 414 g/mol. The molecule has 10 heteroatoms. The van der Waals surface area contributed by atoms with E-state index in [1.165, 1.54) is 21.8 Å². The lowest BCUT2D eigenvalue weighted by Gasteiger charge is -2.16. The first-order valence-electron chi connectivity index (χ1n) is 10.1. The van der Waals surface area contributed by atoms with E-state index in [1.807, 2.05) is 26.0 Å². The van der Waals surface area contributed by atoms with Gasteiger partial charge in [-0.2, -0.15) is 0 Å². The van der Waals surface area contributed by atoms with Crippen LogP contribution in [-0.2, 0) is 12.8 Å². The number of benzene rings is 1. The van der Waals surface area contributed by atoms with Crippen molar-refractivity contribution in [2.75, 3.05) is 10.6 Å². The van der Waals surface area contributed by atoms with E-state index >= 15 is 0 Å². The highest BCUT2D eigenvalue weighted by Crippen LogP contribution is 2.40. The molecule has 1 aliphatic rings. The first kappa shape index (κ1) is 19.4. The monoisotopic (exact) mass is 435 g/mol. The Kier molecular flexibility index (Phi) is 4.78. The van der Waals surface area contributed by atoms with Gasteiger partial charge in [0.2, 0.25) is 11.3 Å². The molecule has 0 atom stereocenters. The largest absolute Gasteiger partial charge is 0.365 e. The number of hydrogen-bond acceptors (Lipinski definition) is 9. The van der Waals surface area contributed by atoms with Crippen LogP contribution < -0.4 is 16.4 Å². The summed E-state index contributed by atoms with van der Waals surface area (Å²) in [6.07, 6.45) is 4.03. The molecule has 0 saturated heterocycles. The van der Waals surface area contributed by atoms with Crippen LogP contribution in [0, 0.1) is 13.8 Å². The number of nitrogens with zero attached hydrogens (tertiary/aromatic N) is 4. The maximum Gasteiger partial charge on any atom is 0.260 e. The Morgan fingerprint density at radius 2 is 1.77 bits per heavy atom. The molecule has 9 nitrogen and oxygen atoms in total. The summed E-state index contributed by atoms with van der Waals surface area (Å²) in [4.78, 5) is 23.0. The number of rotatable bonds is 5. The van der Waals surface area contributed by atoms with Crippen LogP contribution in [-0.4, -0.2) is 26.2 Å². The Balaban J connectivity index is 1.61. The Bertz CT molecular complexity index is 1310. The molecule has 5 rings (SSSR count). The van der Waals surface area contributed by atoms with Gasteiger partial charge < -0.3 is 16.4 Å². The third-order valence-electron chi connectivity index (χ3n) is 5.39. The number of primary amides is 1. The molecule has 1 amide bonds. The number of carbonyl (C=O) groups is 1. The minimum absolute atomic E-state index is 0.276. The van der Waals surface area contributed by atoms with Gasteiger partial charge in [-0.25, -0.2) is 14.6 Å². The van der Waals surface area contributed by atoms with Crippen molar-refractivity contribution >= 4 is 51.5 Å². The third-order valence-corrected chi connectivity index (χ3v) is 6.69. The molecule has 3 heterocycles. The van der Waals surface area contributed by atoms with Crippen molar-refractivity contribution < 1.29 is 9.42 Å². The predicted octanol–water partition coefficient (Wildman–Crippen LogP) is 4.16. The fourth-order valence-electron chi connectivity index (χ4n) is 3.88. The smallest absolute Gasteiger partial charge is 0.260 e. The van der Waals surface area contributed by atoms with Crippen molar-refractivity contribution in [3.63, 3.8) is 0 Å². The van der Waals surface area contributed by atoms with Gasteiger partial charge in [-0.3, -0.25) is 4.79 Å². The third kappa shape index (κ3) is 3.59. The molecule has 31 heavy (non-hydrogen) atoms. The number of aromatic nitrogens is 4. The topological polar surface area (TPSA) is 132 Å². The number of carbonyl (C=O) groups excluding carboxylic acids is 1. The number of anilines is 4. The van der Waals surface area contributed by atoms with E-state index < -0.39 is 5.91 Å². The molecule has 158 valence electrons. The lowest BCUT2D eigenvalue weighted by Crippen LogP contribution is -2.13. The maximum absolute atomic E-state index is 12.2. The zero-order valence-electron chi connectivity index (χ0n) is 17.2. The van der Waals surface area contributed by atoms with Crippen molar-refractivity contribution in [2.24, 2.45) is 5.73 Å². The van der Waals surface area contributed by atoms with E-state index in [9.17, 15) is 4.79 Å². The summed E-state index contributed by atoms with van der Waals surface area (Å²) in [5.41, 5.74) is 11.2. The summed E-state index contributed by atoms with van der Waals surface area (Å²) in [6, 6.07) is 6.09. The molecular formula is C21H21N7O2S. The van der Waals surface area contributed by atoms with Gasteiger partial charge in [-0.05, 0) is 67.0 Å². The van der Waals surface area contributed by atoms with E-state index in [0.29, 0.717) is 27.8 Å². The van der Waals surface area contributed by atoms with E-state index in [-0.39, 0.29) is 5.65 Å². The second-order valence-electron chi connectivity index (χ2n) is 7.68. The van der Waals surface area contributed by atoms with E-state index in [0.717, 1.165) is 42.5 Å². The SMILES string of the molecule is Cc1ccc(Nc2nc3nonc3nc2Nc2c(C(N)=O)sc3c2CCCC3)c(C)c1. The first-order valence-corrected chi connectivity index (χ1v) is 10.9. The molecule has 0 saturated carbocycles. The molecule has 4 aromatic rings. The molecule has 0 radical (unpaired) electrons. The van der Waals surface area contributed by atoms with Crippen LogP contribution in [0.5, 0.6) is 0 Å². The molecule has 0 spiro atoms. The Hall–Kier alpha value is -3.53. The van der Waals surface area contributed by atoms with Gasteiger partial charge in [0.15, 0.2) is 11.6 Å². The van der Waals surface area contributed by atoms with Crippen LogP contribution in [0.2, 0.25) is 0 Å². The summed E-state index contributed by atoms with van der Waals surface area (Å²) in [5.74, 6) is 0.432. The van der Waals surface area contributed by atoms with Gasteiger partial charge in [-0.1, -0.05) is 17.7 Å². The summed E-state index contributed by atoms with van der Waals surface area (Å²) in [6.45, 7) is 4.06. The Labute approximate surface area is 182 Å². The zero-order chi connectivity index (χ0) is 21.5. The number of fused-ring (bicyclic) bond motifs is 2. The quantitative estimate of drug-likeness (QED) is 0.426. The number of hydrogen-bond donors (Lipinski definition) is 3. The second-order valence-corrected chi connectivity index (χ2v) is 8.79. The van der Waals surface area contributed by atoms with E-state index in [1.54, 1.807) is 0 Å². The van der Waals surface area contributed by atoms with Crippen LogP contribution >= 0.6 is 11.3 Å². The highest BCUT2D eigenvalue weighted by Gasteiger charge is 2.25. The molecule has 4 N–H and O–H groups in total. The number of nitrogens with two attached hydrogens (primary N) is 1.